The van der Waals surface area contributed by atoms with Crippen LogP contribution in [0.25, 0.3) is 11.1 Å². The largest absolute Gasteiger partial charge is 0.496 e. The van der Waals surface area contributed by atoms with Gasteiger partial charge in [0.1, 0.15) is 11.4 Å². The first-order valence-corrected chi connectivity index (χ1v) is 13.9. The lowest BCUT2D eigenvalue weighted by Gasteiger charge is -2.32. The maximum absolute atomic E-state index is 12.9. The number of nitrogens with one attached hydrogen (secondary N) is 1. The van der Waals surface area contributed by atoms with Gasteiger partial charge in [0.05, 0.1) is 37.8 Å². The van der Waals surface area contributed by atoms with Crippen LogP contribution in [0, 0.1) is 0 Å². The normalized spacial score (nSPS) is 16.1. The van der Waals surface area contributed by atoms with Crippen molar-refractivity contribution in [2.75, 3.05) is 20.3 Å². The molecule has 0 bridgehead atoms. The molecule has 0 amide bonds. The van der Waals surface area contributed by atoms with Crippen LogP contribution >= 0.6 is 0 Å². The average Bonchev–Trinajstić information content (AvgIpc) is 3.08. The Kier molecular flexibility index (Phi) is 10.1. The molecule has 0 spiro atoms. The van der Waals surface area contributed by atoms with Crippen molar-refractivity contribution < 1.29 is 33.1 Å². The second kappa shape index (κ2) is 12.7. The molecule has 0 unspecified atom stereocenters. The Bertz CT molecular complexity index is 1170. The Hall–Kier alpha value is -2.88. The third-order valence-electron chi connectivity index (χ3n) is 7.19. The first kappa shape index (κ1) is 31.6. The molecule has 0 aliphatic carbocycles. The van der Waals surface area contributed by atoms with Gasteiger partial charge >= 0.3 is 19.1 Å². The van der Waals surface area contributed by atoms with Crippen LogP contribution in [0.3, 0.4) is 0 Å². The average molecular weight is 554 g/mol. The molecule has 3 rings (SSSR count). The fraction of sp³-hybridized carbons (Fsp3) is 0.548. The first-order chi connectivity index (χ1) is 18.7. The van der Waals surface area contributed by atoms with Crippen molar-refractivity contribution in [2.24, 2.45) is 0 Å². The van der Waals surface area contributed by atoms with Crippen LogP contribution in [0.1, 0.15) is 72.9 Å². The standard InChI is InChI=1S/C31H44BNO7/c1-10-37-27(35)18-22-23(20-33-17-16-26(34)38-29(2,3)4)28(21-14-12-11-13-15-21)25(36-9)19-24(22)32-39-30(5,6)31(7,8)40-32/h11-15,19,33H,10,16-18,20H2,1-9H3. The number of benzene rings is 2. The van der Waals surface area contributed by atoms with Crippen LogP contribution in [0.5, 0.6) is 5.75 Å². The van der Waals surface area contributed by atoms with Crippen LogP contribution in [-0.2, 0) is 41.3 Å². The minimum Gasteiger partial charge on any atom is -0.496 e. The van der Waals surface area contributed by atoms with Gasteiger partial charge in [-0.05, 0) is 83.6 Å². The third kappa shape index (κ3) is 7.65. The number of methoxy groups -OCH3 is 1. The van der Waals surface area contributed by atoms with Crippen molar-refractivity contribution in [1.82, 2.24) is 5.32 Å². The highest BCUT2D eigenvalue weighted by atomic mass is 16.7. The Morgan fingerprint density at radius 1 is 0.975 bits per heavy atom. The molecular weight excluding hydrogens is 509 g/mol. The van der Waals surface area contributed by atoms with E-state index in [4.69, 9.17) is 23.5 Å². The molecule has 1 heterocycles. The minimum absolute atomic E-state index is 0.0279. The van der Waals surface area contributed by atoms with Gasteiger partial charge in [0.2, 0.25) is 0 Å². The molecule has 1 saturated heterocycles. The SMILES string of the molecule is CCOC(=O)Cc1c(B2OC(C)(C)C(C)(C)O2)cc(OC)c(-c2ccccc2)c1CNCCC(=O)OC(C)(C)C. The predicted octanol–water partition coefficient (Wildman–Crippen LogP) is 4.59. The number of carbonyl (C=O) groups is 2. The fourth-order valence-corrected chi connectivity index (χ4v) is 4.59. The van der Waals surface area contributed by atoms with Crippen molar-refractivity contribution in [2.45, 2.75) is 91.6 Å². The van der Waals surface area contributed by atoms with Gasteiger partial charge in [-0.3, -0.25) is 9.59 Å². The molecule has 1 fully saturated rings. The zero-order valence-corrected chi connectivity index (χ0v) is 25.4. The van der Waals surface area contributed by atoms with Gasteiger partial charge < -0.3 is 28.8 Å². The van der Waals surface area contributed by atoms with E-state index in [9.17, 15) is 9.59 Å². The summed E-state index contributed by atoms with van der Waals surface area (Å²) in [5.74, 6) is 0.00509. The molecule has 2 aromatic rings. The molecule has 0 radical (unpaired) electrons. The lowest BCUT2D eigenvalue weighted by molar-refractivity contribution is -0.154. The number of esters is 2. The molecule has 1 aliphatic rings. The summed E-state index contributed by atoms with van der Waals surface area (Å²) in [4.78, 5) is 25.2. The number of hydrogen-bond donors (Lipinski definition) is 1. The van der Waals surface area contributed by atoms with E-state index in [2.05, 4.69) is 5.32 Å². The van der Waals surface area contributed by atoms with Gasteiger partial charge in [0.25, 0.3) is 0 Å². The van der Waals surface area contributed by atoms with Crippen LogP contribution in [0.4, 0.5) is 0 Å². The van der Waals surface area contributed by atoms with E-state index in [0.29, 0.717) is 24.3 Å². The maximum Gasteiger partial charge on any atom is 0.495 e. The van der Waals surface area contributed by atoms with Gasteiger partial charge in [-0.1, -0.05) is 30.3 Å². The molecular formula is C31H44BNO7. The topological polar surface area (TPSA) is 92.3 Å². The zero-order chi connectivity index (χ0) is 29.7. The number of hydrogen-bond acceptors (Lipinski definition) is 8. The lowest BCUT2D eigenvalue weighted by Crippen LogP contribution is -2.41. The van der Waals surface area contributed by atoms with Gasteiger partial charge in [-0.15, -0.1) is 0 Å². The Morgan fingerprint density at radius 2 is 1.60 bits per heavy atom. The summed E-state index contributed by atoms with van der Waals surface area (Å²) >= 11 is 0. The van der Waals surface area contributed by atoms with E-state index >= 15 is 0 Å². The maximum atomic E-state index is 12.9. The Balaban J connectivity index is 2.11. The molecule has 0 saturated carbocycles. The highest BCUT2D eigenvalue weighted by Crippen LogP contribution is 2.40. The van der Waals surface area contributed by atoms with E-state index in [1.54, 1.807) is 14.0 Å². The van der Waals surface area contributed by atoms with Crippen LogP contribution in [0.2, 0.25) is 0 Å². The molecule has 1 N–H and O–H groups in total. The third-order valence-corrected chi connectivity index (χ3v) is 7.19. The van der Waals surface area contributed by atoms with Crippen molar-refractivity contribution in [3.05, 3.63) is 47.5 Å². The quantitative estimate of drug-likeness (QED) is 0.246. The van der Waals surface area contributed by atoms with Crippen molar-refractivity contribution in [1.29, 1.82) is 0 Å². The molecule has 2 aromatic carbocycles. The Labute approximate surface area is 239 Å². The van der Waals surface area contributed by atoms with E-state index in [-0.39, 0.29) is 31.4 Å². The van der Waals surface area contributed by atoms with Crippen molar-refractivity contribution in [3.63, 3.8) is 0 Å². The highest BCUT2D eigenvalue weighted by Gasteiger charge is 2.52. The lowest BCUT2D eigenvalue weighted by atomic mass is 9.72. The minimum atomic E-state index is -0.714. The summed E-state index contributed by atoms with van der Waals surface area (Å²) in [7, 11) is 0.911. The zero-order valence-electron chi connectivity index (χ0n) is 25.4. The van der Waals surface area contributed by atoms with Gasteiger partial charge in [-0.2, -0.15) is 0 Å². The smallest absolute Gasteiger partial charge is 0.495 e. The second-order valence-corrected chi connectivity index (χ2v) is 11.9. The molecule has 9 heteroatoms. The van der Waals surface area contributed by atoms with Gasteiger partial charge in [0, 0.05) is 18.7 Å². The van der Waals surface area contributed by atoms with Gasteiger partial charge in [-0.25, -0.2) is 0 Å². The molecule has 40 heavy (non-hydrogen) atoms. The second-order valence-electron chi connectivity index (χ2n) is 11.9. The number of rotatable bonds is 11. The van der Waals surface area contributed by atoms with Crippen LogP contribution in [0.15, 0.2) is 36.4 Å². The first-order valence-electron chi connectivity index (χ1n) is 13.9. The monoisotopic (exact) mass is 553 g/mol. The summed E-state index contributed by atoms with van der Waals surface area (Å²) in [6, 6.07) is 11.8. The van der Waals surface area contributed by atoms with Crippen LogP contribution in [-0.4, -0.2) is 56.1 Å². The van der Waals surface area contributed by atoms with E-state index in [1.165, 1.54) is 0 Å². The van der Waals surface area contributed by atoms with Crippen molar-refractivity contribution in [3.8, 4) is 16.9 Å². The number of ether oxygens (including phenoxy) is 3. The van der Waals surface area contributed by atoms with E-state index in [1.807, 2.05) is 84.9 Å². The Morgan fingerprint density at radius 3 is 2.15 bits per heavy atom. The molecule has 0 aromatic heterocycles. The molecule has 0 atom stereocenters. The summed E-state index contributed by atoms with van der Waals surface area (Å²) < 4.78 is 29.6. The van der Waals surface area contributed by atoms with E-state index in [0.717, 1.165) is 22.3 Å². The molecule has 1 aliphatic heterocycles. The summed E-state index contributed by atoms with van der Waals surface area (Å²) in [5, 5.41) is 3.39. The molecule has 8 nitrogen and oxygen atoms in total. The van der Waals surface area contributed by atoms with Gasteiger partial charge in [0.15, 0.2) is 0 Å². The van der Waals surface area contributed by atoms with E-state index < -0.39 is 23.9 Å². The molecule has 218 valence electrons. The summed E-state index contributed by atoms with van der Waals surface area (Å²) in [6.07, 6.45) is 0.235. The summed E-state index contributed by atoms with van der Waals surface area (Å²) in [6.45, 7) is 16.3. The highest BCUT2D eigenvalue weighted by molar-refractivity contribution is 6.63. The fourth-order valence-electron chi connectivity index (χ4n) is 4.59. The summed E-state index contributed by atoms with van der Waals surface area (Å²) in [5.41, 5.74) is 2.42. The predicted molar refractivity (Wildman–Crippen MR) is 157 cm³/mol. The number of carbonyl (C=O) groups excluding carboxylic acids is 2. The van der Waals surface area contributed by atoms with Crippen LogP contribution < -0.4 is 15.5 Å². The van der Waals surface area contributed by atoms with Crippen molar-refractivity contribution >= 4 is 24.5 Å².